The van der Waals surface area contributed by atoms with Crippen molar-refractivity contribution in [3.05, 3.63) is 23.4 Å². The number of hydrogen-bond acceptors (Lipinski definition) is 2. The first-order valence-corrected chi connectivity index (χ1v) is 7.67. The van der Waals surface area contributed by atoms with E-state index in [1.165, 1.54) is 48.5 Å². The number of allylic oxidation sites excluding steroid dienone is 3. The van der Waals surface area contributed by atoms with Gasteiger partial charge in [-0.15, -0.1) is 0 Å². The van der Waals surface area contributed by atoms with Gasteiger partial charge in [0.2, 0.25) is 0 Å². The standard InChI is InChI=1S/C14H23NS/c1-11(2)13-5-3-4-6-14(13)15-12-7-9-16-10-8-12/h5-6,11-12,15H,3-4,7-10H2,1-2H3. The molecule has 0 aromatic carbocycles. The van der Waals surface area contributed by atoms with Crippen molar-refractivity contribution in [2.75, 3.05) is 11.5 Å². The van der Waals surface area contributed by atoms with E-state index >= 15 is 0 Å². The second kappa shape index (κ2) is 5.81. The number of thioether (sulfide) groups is 1. The first-order valence-electron chi connectivity index (χ1n) is 6.52. The Balaban J connectivity index is 1.96. The van der Waals surface area contributed by atoms with Crippen LogP contribution in [-0.4, -0.2) is 17.5 Å². The van der Waals surface area contributed by atoms with E-state index in [0.29, 0.717) is 12.0 Å². The molecular weight excluding hydrogens is 214 g/mol. The Morgan fingerprint density at radius 3 is 2.56 bits per heavy atom. The van der Waals surface area contributed by atoms with Crippen molar-refractivity contribution < 1.29 is 0 Å². The molecule has 0 atom stereocenters. The summed E-state index contributed by atoms with van der Waals surface area (Å²) in [6.07, 6.45) is 9.90. The van der Waals surface area contributed by atoms with Gasteiger partial charge in [0.05, 0.1) is 0 Å². The summed E-state index contributed by atoms with van der Waals surface area (Å²) in [4.78, 5) is 0. The van der Waals surface area contributed by atoms with Crippen molar-refractivity contribution in [1.29, 1.82) is 0 Å². The molecule has 0 amide bonds. The van der Waals surface area contributed by atoms with Crippen LogP contribution < -0.4 is 5.32 Å². The zero-order valence-electron chi connectivity index (χ0n) is 10.5. The molecule has 1 fully saturated rings. The van der Waals surface area contributed by atoms with E-state index in [2.05, 4.69) is 43.1 Å². The van der Waals surface area contributed by atoms with Crippen LogP contribution in [0.1, 0.15) is 39.5 Å². The van der Waals surface area contributed by atoms with Gasteiger partial charge in [-0.2, -0.15) is 11.8 Å². The molecule has 2 rings (SSSR count). The maximum Gasteiger partial charge on any atom is 0.0333 e. The molecule has 1 N–H and O–H groups in total. The van der Waals surface area contributed by atoms with Gasteiger partial charge in [0.15, 0.2) is 0 Å². The summed E-state index contributed by atoms with van der Waals surface area (Å²) in [6, 6.07) is 0.716. The lowest BCUT2D eigenvalue weighted by atomic mass is 9.93. The maximum absolute atomic E-state index is 3.77. The molecule has 1 nitrogen and oxygen atoms in total. The fraction of sp³-hybridized carbons (Fsp3) is 0.714. The van der Waals surface area contributed by atoms with Gasteiger partial charge in [0.1, 0.15) is 0 Å². The minimum atomic E-state index is 0.650. The van der Waals surface area contributed by atoms with Gasteiger partial charge in [-0.25, -0.2) is 0 Å². The predicted molar refractivity (Wildman–Crippen MR) is 73.7 cm³/mol. The molecule has 0 radical (unpaired) electrons. The summed E-state index contributed by atoms with van der Waals surface area (Å²) < 4.78 is 0. The molecule has 2 aliphatic rings. The normalized spacial score (nSPS) is 22.9. The van der Waals surface area contributed by atoms with Gasteiger partial charge in [-0.3, -0.25) is 0 Å². The van der Waals surface area contributed by atoms with E-state index in [9.17, 15) is 0 Å². The highest BCUT2D eigenvalue weighted by Crippen LogP contribution is 2.26. The van der Waals surface area contributed by atoms with Crippen molar-refractivity contribution in [2.45, 2.75) is 45.6 Å². The van der Waals surface area contributed by atoms with Crippen LogP contribution >= 0.6 is 11.8 Å². The molecular formula is C14H23NS. The topological polar surface area (TPSA) is 12.0 Å². The molecule has 0 aromatic rings. The van der Waals surface area contributed by atoms with Gasteiger partial charge < -0.3 is 5.32 Å². The first kappa shape index (κ1) is 12.1. The smallest absolute Gasteiger partial charge is 0.0333 e. The first-order chi connectivity index (χ1) is 7.77. The summed E-state index contributed by atoms with van der Waals surface area (Å²) in [5, 5.41) is 3.77. The maximum atomic E-state index is 3.77. The number of rotatable bonds is 3. The molecule has 90 valence electrons. The lowest BCUT2D eigenvalue weighted by molar-refractivity contribution is 0.523. The third kappa shape index (κ3) is 3.07. The Morgan fingerprint density at radius 2 is 1.88 bits per heavy atom. The monoisotopic (exact) mass is 237 g/mol. The molecule has 0 spiro atoms. The Bertz CT molecular complexity index is 285. The lowest BCUT2D eigenvalue weighted by Gasteiger charge is -2.28. The van der Waals surface area contributed by atoms with Crippen LogP contribution in [0.2, 0.25) is 0 Å². The predicted octanol–water partition coefficient (Wildman–Crippen LogP) is 3.73. The molecule has 0 unspecified atom stereocenters. The van der Waals surface area contributed by atoms with E-state index in [1.54, 1.807) is 0 Å². The highest BCUT2D eigenvalue weighted by molar-refractivity contribution is 7.99. The van der Waals surface area contributed by atoms with Crippen LogP contribution in [0, 0.1) is 5.92 Å². The van der Waals surface area contributed by atoms with Gasteiger partial charge in [0.25, 0.3) is 0 Å². The van der Waals surface area contributed by atoms with Gasteiger partial charge in [0, 0.05) is 11.7 Å². The molecule has 1 heterocycles. The molecule has 0 aromatic heterocycles. The van der Waals surface area contributed by atoms with E-state index in [-0.39, 0.29) is 0 Å². The van der Waals surface area contributed by atoms with Gasteiger partial charge in [-0.1, -0.05) is 26.0 Å². The molecule has 0 bridgehead atoms. The summed E-state index contributed by atoms with van der Waals surface area (Å²) in [6.45, 7) is 4.59. The van der Waals surface area contributed by atoms with Gasteiger partial charge >= 0.3 is 0 Å². The molecule has 2 heteroatoms. The van der Waals surface area contributed by atoms with Crippen LogP contribution in [0.15, 0.2) is 23.4 Å². The quantitative estimate of drug-likeness (QED) is 0.802. The highest BCUT2D eigenvalue weighted by atomic mass is 32.2. The highest BCUT2D eigenvalue weighted by Gasteiger charge is 2.18. The van der Waals surface area contributed by atoms with Crippen molar-refractivity contribution >= 4 is 11.8 Å². The largest absolute Gasteiger partial charge is 0.382 e. The molecule has 1 aliphatic carbocycles. The lowest BCUT2D eigenvalue weighted by Crippen LogP contribution is -2.33. The Kier molecular flexibility index (Phi) is 4.39. The van der Waals surface area contributed by atoms with Crippen LogP contribution in [0.5, 0.6) is 0 Å². The van der Waals surface area contributed by atoms with E-state index in [0.717, 1.165) is 0 Å². The summed E-state index contributed by atoms with van der Waals surface area (Å²) in [7, 11) is 0. The summed E-state index contributed by atoms with van der Waals surface area (Å²) in [5.74, 6) is 3.30. The fourth-order valence-corrected chi connectivity index (χ4v) is 3.55. The summed E-state index contributed by atoms with van der Waals surface area (Å²) in [5.41, 5.74) is 2.96. The Hall–Kier alpha value is -0.370. The second-order valence-electron chi connectivity index (χ2n) is 5.04. The van der Waals surface area contributed by atoms with E-state index in [4.69, 9.17) is 0 Å². The SMILES string of the molecule is CC(C)C1=CCCC=C1NC1CCSCC1. The number of nitrogens with one attached hydrogen (secondary N) is 1. The van der Waals surface area contributed by atoms with E-state index < -0.39 is 0 Å². The van der Waals surface area contributed by atoms with Crippen LogP contribution in [0.25, 0.3) is 0 Å². The van der Waals surface area contributed by atoms with Crippen LogP contribution in [0.3, 0.4) is 0 Å². The third-order valence-corrected chi connectivity index (χ3v) is 4.44. The average Bonchev–Trinajstić information content (AvgIpc) is 2.31. The van der Waals surface area contributed by atoms with Crippen molar-refractivity contribution in [3.8, 4) is 0 Å². The van der Waals surface area contributed by atoms with Crippen molar-refractivity contribution in [3.63, 3.8) is 0 Å². The van der Waals surface area contributed by atoms with Crippen molar-refractivity contribution in [1.82, 2.24) is 5.32 Å². The van der Waals surface area contributed by atoms with Crippen molar-refractivity contribution in [2.24, 2.45) is 5.92 Å². The van der Waals surface area contributed by atoms with Crippen LogP contribution in [-0.2, 0) is 0 Å². The zero-order valence-corrected chi connectivity index (χ0v) is 11.3. The number of hydrogen-bond donors (Lipinski definition) is 1. The minimum Gasteiger partial charge on any atom is -0.382 e. The third-order valence-electron chi connectivity index (χ3n) is 3.39. The zero-order chi connectivity index (χ0) is 11.4. The van der Waals surface area contributed by atoms with Crippen LogP contribution in [0.4, 0.5) is 0 Å². The minimum absolute atomic E-state index is 0.650. The van der Waals surface area contributed by atoms with Gasteiger partial charge in [-0.05, 0) is 48.7 Å². The summed E-state index contributed by atoms with van der Waals surface area (Å²) >= 11 is 2.09. The molecule has 1 aliphatic heterocycles. The average molecular weight is 237 g/mol. The van der Waals surface area contributed by atoms with E-state index in [1.807, 2.05) is 0 Å². The fourth-order valence-electron chi connectivity index (χ4n) is 2.45. The molecule has 1 saturated heterocycles. The molecule has 16 heavy (non-hydrogen) atoms. The Labute approximate surface area is 104 Å². The Morgan fingerprint density at radius 1 is 1.19 bits per heavy atom. The second-order valence-corrected chi connectivity index (χ2v) is 6.27. The molecule has 0 saturated carbocycles.